The maximum Gasteiger partial charge on any atom is 0.175 e. The first kappa shape index (κ1) is 12.3. The number of rotatable bonds is 3. The molecule has 0 saturated heterocycles. The zero-order valence-corrected chi connectivity index (χ0v) is 11.7. The molecule has 1 aromatic carbocycles. The fourth-order valence-corrected chi connectivity index (χ4v) is 2.76. The van der Waals surface area contributed by atoms with E-state index in [1.165, 1.54) is 12.8 Å². The van der Waals surface area contributed by atoms with E-state index in [1.807, 2.05) is 12.1 Å². The largest absolute Gasteiger partial charge is 0.489 e. The summed E-state index contributed by atoms with van der Waals surface area (Å²) in [6.07, 6.45) is 3.16. The van der Waals surface area contributed by atoms with Crippen molar-refractivity contribution in [1.29, 1.82) is 0 Å². The Morgan fingerprint density at radius 2 is 2.06 bits per heavy atom. The van der Waals surface area contributed by atoms with Crippen LogP contribution in [0.4, 0.5) is 0 Å². The summed E-state index contributed by atoms with van der Waals surface area (Å²) in [4.78, 5) is 4.61. The van der Waals surface area contributed by atoms with E-state index in [4.69, 9.17) is 15.4 Å². The molecule has 1 spiro atoms. The lowest BCUT2D eigenvalue weighted by atomic mass is 10.1. The number of hydrogen-bond acceptors (Lipinski definition) is 4. The van der Waals surface area contributed by atoms with Gasteiger partial charge in [-0.3, -0.25) is 0 Å². The van der Waals surface area contributed by atoms with E-state index in [-0.39, 0.29) is 5.41 Å². The van der Waals surface area contributed by atoms with Gasteiger partial charge in [0.2, 0.25) is 0 Å². The smallest absolute Gasteiger partial charge is 0.175 e. The molecule has 2 aliphatic rings. The minimum absolute atomic E-state index is 0.263. The van der Waals surface area contributed by atoms with Crippen molar-refractivity contribution >= 4 is 15.9 Å². The maximum absolute atomic E-state index is 5.90. The molecule has 5 heteroatoms. The van der Waals surface area contributed by atoms with E-state index >= 15 is 0 Å². The van der Waals surface area contributed by atoms with Gasteiger partial charge in [-0.2, -0.15) is 0 Å². The molecule has 1 aromatic rings. The van der Waals surface area contributed by atoms with Gasteiger partial charge in [-0.25, -0.2) is 5.90 Å². The van der Waals surface area contributed by atoms with Crippen molar-refractivity contribution in [3.63, 3.8) is 0 Å². The zero-order valence-electron chi connectivity index (χ0n) is 10.1. The lowest BCUT2D eigenvalue weighted by Gasteiger charge is -2.11. The molecule has 18 heavy (non-hydrogen) atoms. The van der Waals surface area contributed by atoms with E-state index in [0.717, 1.165) is 41.2 Å². The quantitative estimate of drug-likeness (QED) is 0.871. The van der Waals surface area contributed by atoms with Crippen LogP contribution in [-0.2, 0) is 11.3 Å². The van der Waals surface area contributed by atoms with Crippen LogP contribution >= 0.6 is 15.9 Å². The molecule has 4 nitrogen and oxygen atoms in total. The first-order valence-electron chi connectivity index (χ1n) is 6.12. The van der Waals surface area contributed by atoms with Crippen LogP contribution in [0.1, 0.15) is 18.4 Å². The van der Waals surface area contributed by atoms with Gasteiger partial charge in [0.15, 0.2) is 11.5 Å². The number of ether oxygens (including phenoxy) is 2. The summed E-state index contributed by atoms with van der Waals surface area (Å²) in [5, 5.41) is 0. The fraction of sp³-hybridized carbons (Fsp3) is 0.538. The fourth-order valence-electron chi connectivity index (χ4n) is 2.15. The molecule has 1 saturated carbocycles. The van der Waals surface area contributed by atoms with Crippen molar-refractivity contribution in [2.24, 2.45) is 11.3 Å². The Bertz CT molecular complexity index is 460. The van der Waals surface area contributed by atoms with E-state index in [0.29, 0.717) is 6.61 Å². The van der Waals surface area contributed by atoms with Gasteiger partial charge in [-0.15, -0.1) is 0 Å². The number of benzene rings is 1. The highest BCUT2D eigenvalue weighted by atomic mass is 79.9. The van der Waals surface area contributed by atoms with Crippen LogP contribution in [0.2, 0.25) is 0 Å². The average molecular weight is 314 g/mol. The molecule has 0 amide bonds. The maximum atomic E-state index is 5.90. The van der Waals surface area contributed by atoms with Crippen LogP contribution < -0.4 is 15.4 Å². The molecule has 0 radical (unpaired) electrons. The lowest BCUT2D eigenvalue weighted by molar-refractivity contribution is 0.141. The molecule has 2 N–H and O–H groups in total. The van der Waals surface area contributed by atoms with Gasteiger partial charge >= 0.3 is 0 Å². The molecule has 1 fully saturated rings. The van der Waals surface area contributed by atoms with Crippen molar-refractivity contribution < 1.29 is 14.3 Å². The van der Waals surface area contributed by atoms with Gasteiger partial charge in [0.1, 0.15) is 0 Å². The Hall–Kier alpha value is -0.780. The third kappa shape index (κ3) is 2.35. The van der Waals surface area contributed by atoms with Gasteiger partial charge in [0.25, 0.3) is 0 Å². The number of nitrogens with two attached hydrogens (primary N) is 1. The second-order valence-electron chi connectivity index (χ2n) is 5.10. The van der Waals surface area contributed by atoms with Crippen LogP contribution in [0.25, 0.3) is 0 Å². The number of fused-ring (bicyclic) bond motifs is 1. The first-order chi connectivity index (χ1) is 8.72. The minimum Gasteiger partial charge on any atom is -0.489 e. The Kier molecular flexibility index (Phi) is 3.21. The summed E-state index contributed by atoms with van der Waals surface area (Å²) < 4.78 is 12.7. The predicted molar refractivity (Wildman–Crippen MR) is 70.6 cm³/mol. The number of hydrogen-bond donors (Lipinski definition) is 1. The van der Waals surface area contributed by atoms with E-state index in [2.05, 4.69) is 20.8 Å². The van der Waals surface area contributed by atoms with Crippen LogP contribution in [-0.4, -0.2) is 19.8 Å². The standard InChI is InChI=1S/C13H16BrNO3/c14-10-5-9(1-4-18-15)6-11-12(10)17-8-13(2-3-13)7-16-11/h5-6H,1-4,7-8,15H2. The van der Waals surface area contributed by atoms with Crippen molar-refractivity contribution in [3.05, 3.63) is 22.2 Å². The summed E-state index contributed by atoms with van der Waals surface area (Å²) in [6.45, 7) is 2.00. The monoisotopic (exact) mass is 313 g/mol. The van der Waals surface area contributed by atoms with Crippen LogP contribution in [0.5, 0.6) is 11.5 Å². The third-order valence-electron chi connectivity index (χ3n) is 3.59. The second kappa shape index (κ2) is 4.72. The SMILES string of the molecule is NOCCc1cc(Br)c2c(c1)OCC1(CC1)CO2. The van der Waals surface area contributed by atoms with Gasteiger partial charge in [-0.05, 0) is 52.9 Å². The van der Waals surface area contributed by atoms with Gasteiger partial charge in [0, 0.05) is 5.41 Å². The van der Waals surface area contributed by atoms with E-state index in [9.17, 15) is 0 Å². The average Bonchev–Trinajstić information content (AvgIpc) is 3.15. The van der Waals surface area contributed by atoms with Crippen molar-refractivity contribution in [2.75, 3.05) is 19.8 Å². The first-order valence-corrected chi connectivity index (χ1v) is 6.91. The molecule has 0 atom stereocenters. The summed E-state index contributed by atoms with van der Waals surface area (Å²) in [5.41, 5.74) is 1.39. The number of halogens is 1. The van der Waals surface area contributed by atoms with Crippen LogP contribution in [0.15, 0.2) is 16.6 Å². The highest BCUT2D eigenvalue weighted by Gasteiger charge is 2.46. The summed E-state index contributed by atoms with van der Waals surface area (Å²) in [5.74, 6) is 6.69. The lowest BCUT2D eigenvalue weighted by Crippen LogP contribution is -2.17. The van der Waals surface area contributed by atoms with Gasteiger partial charge < -0.3 is 14.3 Å². The summed E-state index contributed by atoms with van der Waals surface area (Å²) in [7, 11) is 0. The molecule has 0 unspecified atom stereocenters. The van der Waals surface area contributed by atoms with Gasteiger partial charge in [0.05, 0.1) is 24.3 Å². The van der Waals surface area contributed by atoms with Crippen molar-refractivity contribution in [1.82, 2.24) is 0 Å². The third-order valence-corrected chi connectivity index (χ3v) is 4.18. The van der Waals surface area contributed by atoms with Crippen LogP contribution in [0.3, 0.4) is 0 Å². The summed E-state index contributed by atoms with van der Waals surface area (Å²) in [6, 6.07) is 4.05. The minimum atomic E-state index is 0.263. The van der Waals surface area contributed by atoms with E-state index in [1.54, 1.807) is 0 Å². The Morgan fingerprint density at radius 3 is 2.78 bits per heavy atom. The molecule has 0 bridgehead atoms. The Labute approximate surface area is 114 Å². The molecule has 1 heterocycles. The summed E-state index contributed by atoms with van der Waals surface area (Å²) >= 11 is 3.54. The van der Waals surface area contributed by atoms with Crippen molar-refractivity contribution in [3.8, 4) is 11.5 Å². The molecule has 0 aromatic heterocycles. The Balaban J connectivity index is 1.84. The molecule has 98 valence electrons. The molecule has 1 aliphatic heterocycles. The molecular formula is C13H16BrNO3. The van der Waals surface area contributed by atoms with Crippen molar-refractivity contribution in [2.45, 2.75) is 19.3 Å². The molecular weight excluding hydrogens is 298 g/mol. The highest BCUT2D eigenvalue weighted by molar-refractivity contribution is 9.10. The second-order valence-corrected chi connectivity index (χ2v) is 5.96. The highest BCUT2D eigenvalue weighted by Crippen LogP contribution is 2.50. The molecule has 3 rings (SSSR count). The Morgan fingerprint density at radius 1 is 1.28 bits per heavy atom. The van der Waals surface area contributed by atoms with E-state index < -0.39 is 0 Å². The van der Waals surface area contributed by atoms with Crippen LogP contribution in [0, 0.1) is 5.41 Å². The topological polar surface area (TPSA) is 53.7 Å². The normalized spacial score (nSPS) is 19.7. The van der Waals surface area contributed by atoms with Gasteiger partial charge in [-0.1, -0.05) is 0 Å². The zero-order chi connectivity index (χ0) is 12.6. The predicted octanol–water partition coefficient (Wildman–Crippen LogP) is 2.43. The molecule has 1 aliphatic carbocycles.